The summed E-state index contributed by atoms with van der Waals surface area (Å²) in [6, 6.07) is 0. The average molecular weight is 150 g/mol. The summed E-state index contributed by atoms with van der Waals surface area (Å²) in [5, 5.41) is 0. The smallest absolute Gasteiger partial charge is 0.264 e. The Morgan fingerprint density at radius 2 is 2.11 bits per heavy atom. The van der Waals surface area contributed by atoms with Gasteiger partial charge >= 0.3 is 0 Å². The van der Waals surface area contributed by atoms with Crippen molar-refractivity contribution in [1.82, 2.24) is 0 Å². The zero-order chi connectivity index (χ0) is 7.33. The van der Waals surface area contributed by atoms with Crippen LogP contribution in [-0.2, 0) is 14.3 Å². The van der Waals surface area contributed by atoms with E-state index in [-0.39, 0.29) is 6.61 Å². The third-order valence-electron chi connectivity index (χ3n) is 0.614. The maximum Gasteiger partial charge on any atom is 0.264 e. The first-order valence-corrected chi connectivity index (χ1v) is 4.33. The fourth-order valence-electron chi connectivity index (χ4n) is 0.259. The van der Waals surface area contributed by atoms with Crippen LogP contribution in [0.4, 0.5) is 0 Å². The molecule has 0 saturated heterocycles. The molecule has 0 N–H and O–H groups in total. The summed E-state index contributed by atoms with van der Waals surface area (Å²) in [4.78, 5) is 0. The Hall–Kier alpha value is -0.350. The van der Waals surface area contributed by atoms with Gasteiger partial charge in [0.25, 0.3) is 10.1 Å². The quantitative estimate of drug-likeness (QED) is 0.435. The van der Waals surface area contributed by atoms with Crippen LogP contribution >= 0.6 is 0 Å². The minimum absolute atomic E-state index is 0.134. The summed E-state index contributed by atoms with van der Waals surface area (Å²) in [6.45, 7) is 1.93. The van der Waals surface area contributed by atoms with Crippen LogP contribution in [0.2, 0.25) is 0 Å². The fraction of sp³-hybridized carbons (Fsp3) is 0.600. The summed E-state index contributed by atoms with van der Waals surface area (Å²) in [7, 11) is -3.25. The Bertz CT molecular complexity index is 178. The Morgan fingerprint density at radius 1 is 1.56 bits per heavy atom. The van der Waals surface area contributed by atoms with E-state index in [4.69, 9.17) is 0 Å². The Labute approximate surface area is 55.5 Å². The van der Waals surface area contributed by atoms with Crippen molar-refractivity contribution < 1.29 is 12.6 Å². The molecular formula is C5H10O3S. The molecule has 0 bridgehead atoms. The van der Waals surface area contributed by atoms with Crippen LogP contribution in [0.1, 0.15) is 6.92 Å². The largest absolute Gasteiger partial charge is 0.266 e. The number of hydrogen-bond acceptors (Lipinski definition) is 3. The average Bonchev–Trinajstić information content (AvgIpc) is 1.63. The predicted octanol–water partition coefficient (Wildman–Crippen LogP) is 0.539. The zero-order valence-electron chi connectivity index (χ0n) is 5.49. The maximum absolute atomic E-state index is 10.2. The first-order chi connectivity index (χ1) is 4.06. The molecule has 0 heterocycles. The second-order valence-electron chi connectivity index (χ2n) is 1.56. The Kier molecular flexibility index (Phi) is 3.49. The van der Waals surface area contributed by atoms with Crippen molar-refractivity contribution in [3.05, 3.63) is 12.2 Å². The van der Waals surface area contributed by atoms with Crippen molar-refractivity contribution in [3.63, 3.8) is 0 Å². The van der Waals surface area contributed by atoms with Crippen LogP contribution in [0, 0.1) is 0 Å². The molecule has 0 fully saturated rings. The molecule has 0 amide bonds. The van der Waals surface area contributed by atoms with Crippen molar-refractivity contribution in [1.29, 1.82) is 0 Å². The molecule has 0 atom stereocenters. The first kappa shape index (κ1) is 8.65. The van der Waals surface area contributed by atoms with Gasteiger partial charge in [-0.3, -0.25) is 4.18 Å². The second-order valence-corrected chi connectivity index (χ2v) is 3.20. The lowest BCUT2D eigenvalue weighted by molar-refractivity contribution is 0.361. The van der Waals surface area contributed by atoms with Gasteiger partial charge in [0.05, 0.1) is 12.9 Å². The predicted molar refractivity (Wildman–Crippen MR) is 35.6 cm³/mol. The second kappa shape index (κ2) is 3.63. The van der Waals surface area contributed by atoms with E-state index in [0.717, 1.165) is 6.26 Å². The van der Waals surface area contributed by atoms with Crippen molar-refractivity contribution in [2.24, 2.45) is 0 Å². The van der Waals surface area contributed by atoms with Gasteiger partial charge in [-0.1, -0.05) is 12.2 Å². The molecule has 9 heavy (non-hydrogen) atoms. The van der Waals surface area contributed by atoms with E-state index in [1.807, 2.05) is 0 Å². The molecule has 0 aromatic heterocycles. The lowest BCUT2D eigenvalue weighted by Crippen LogP contribution is -2.01. The van der Waals surface area contributed by atoms with Gasteiger partial charge in [-0.15, -0.1) is 0 Å². The molecule has 0 aliphatic carbocycles. The van der Waals surface area contributed by atoms with Crippen LogP contribution in [0.5, 0.6) is 0 Å². The molecule has 0 radical (unpaired) electrons. The van der Waals surface area contributed by atoms with Crippen molar-refractivity contribution >= 4 is 10.1 Å². The molecule has 0 spiro atoms. The highest BCUT2D eigenvalue weighted by molar-refractivity contribution is 7.85. The molecule has 54 valence electrons. The lowest BCUT2D eigenvalue weighted by Gasteiger charge is -1.92. The van der Waals surface area contributed by atoms with Crippen molar-refractivity contribution in [2.75, 3.05) is 12.9 Å². The van der Waals surface area contributed by atoms with Crippen molar-refractivity contribution in [2.45, 2.75) is 6.92 Å². The lowest BCUT2D eigenvalue weighted by atomic mass is 10.6. The summed E-state index contributed by atoms with van der Waals surface area (Å²) < 4.78 is 24.9. The maximum atomic E-state index is 10.2. The van der Waals surface area contributed by atoms with Gasteiger partial charge in [0.2, 0.25) is 0 Å². The monoisotopic (exact) mass is 150 g/mol. The minimum atomic E-state index is -3.25. The van der Waals surface area contributed by atoms with Gasteiger partial charge in [0.15, 0.2) is 0 Å². The highest BCUT2D eigenvalue weighted by Gasteiger charge is 1.96. The molecule has 3 nitrogen and oxygen atoms in total. The molecule has 0 aliphatic heterocycles. The normalized spacial score (nSPS) is 12.7. The third-order valence-corrected chi connectivity index (χ3v) is 1.18. The van der Waals surface area contributed by atoms with E-state index >= 15 is 0 Å². The Balaban J connectivity index is 3.53. The van der Waals surface area contributed by atoms with E-state index < -0.39 is 10.1 Å². The SMILES string of the molecule is C/C=C/COS(C)(=O)=O. The van der Waals surface area contributed by atoms with Crippen LogP contribution in [0.3, 0.4) is 0 Å². The molecule has 0 unspecified atom stereocenters. The summed E-state index contributed by atoms with van der Waals surface area (Å²) in [5.74, 6) is 0. The van der Waals surface area contributed by atoms with Crippen LogP contribution < -0.4 is 0 Å². The first-order valence-electron chi connectivity index (χ1n) is 2.52. The molecule has 0 rings (SSSR count). The summed E-state index contributed by atoms with van der Waals surface area (Å²) >= 11 is 0. The summed E-state index contributed by atoms with van der Waals surface area (Å²) in [6.07, 6.45) is 4.38. The van der Waals surface area contributed by atoms with E-state index in [1.54, 1.807) is 19.1 Å². The Morgan fingerprint density at radius 3 is 2.44 bits per heavy atom. The van der Waals surface area contributed by atoms with Gasteiger partial charge in [-0.2, -0.15) is 8.42 Å². The number of rotatable bonds is 3. The molecule has 0 aliphatic rings. The van der Waals surface area contributed by atoms with Crippen LogP contribution in [0.25, 0.3) is 0 Å². The third kappa shape index (κ3) is 7.65. The van der Waals surface area contributed by atoms with Gasteiger partial charge in [0.1, 0.15) is 0 Å². The molecular weight excluding hydrogens is 140 g/mol. The summed E-state index contributed by atoms with van der Waals surface area (Å²) in [5.41, 5.74) is 0. The fourth-order valence-corrected chi connectivity index (χ4v) is 0.585. The number of hydrogen-bond donors (Lipinski definition) is 0. The van der Waals surface area contributed by atoms with E-state index in [1.165, 1.54) is 0 Å². The molecule has 0 saturated carbocycles. The van der Waals surface area contributed by atoms with Gasteiger partial charge in [0, 0.05) is 0 Å². The topological polar surface area (TPSA) is 43.4 Å². The highest BCUT2D eigenvalue weighted by atomic mass is 32.2. The van der Waals surface area contributed by atoms with E-state index in [0.29, 0.717) is 0 Å². The van der Waals surface area contributed by atoms with Crippen LogP contribution in [-0.4, -0.2) is 21.3 Å². The highest BCUT2D eigenvalue weighted by Crippen LogP contribution is 1.85. The number of allylic oxidation sites excluding steroid dienone is 1. The van der Waals surface area contributed by atoms with Gasteiger partial charge in [-0.05, 0) is 6.92 Å². The van der Waals surface area contributed by atoms with Gasteiger partial charge in [-0.25, -0.2) is 0 Å². The minimum Gasteiger partial charge on any atom is -0.266 e. The van der Waals surface area contributed by atoms with E-state index in [9.17, 15) is 8.42 Å². The molecule has 4 heteroatoms. The zero-order valence-corrected chi connectivity index (χ0v) is 6.31. The van der Waals surface area contributed by atoms with Crippen LogP contribution in [0.15, 0.2) is 12.2 Å². The molecule has 0 aromatic carbocycles. The molecule has 0 aromatic rings. The van der Waals surface area contributed by atoms with E-state index in [2.05, 4.69) is 4.18 Å². The standard InChI is InChI=1S/C5H10O3S/c1-3-4-5-8-9(2,6)7/h3-4H,5H2,1-2H3/b4-3+. The van der Waals surface area contributed by atoms with Gasteiger partial charge < -0.3 is 0 Å². The van der Waals surface area contributed by atoms with Crippen molar-refractivity contribution in [3.8, 4) is 0 Å².